The lowest BCUT2D eigenvalue weighted by Crippen LogP contribution is -1.97. The quantitative estimate of drug-likeness (QED) is 0.802. The molecule has 0 spiro atoms. The van der Waals surface area contributed by atoms with Crippen LogP contribution in [0.2, 0.25) is 0 Å². The third kappa shape index (κ3) is 2.59. The summed E-state index contributed by atoms with van der Waals surface area (Å²) in [5, 5.41) is 13.0. The molecule has 3 aromatic rings. The number of aliphatic hydroxyl groups is 1. The number of hydrogen-bond donors (Lipinski definition) is 1. The van der Waals surface area contributed by atoms with Gasteiger partial charge in [0.05, 0.1) is 25.6 Å². The second-order valence-corrected chi connectivity index (χ2v) is 5.51. The van der Waals surface area contributed by atoms with Crippen LogP contribution in [0.5, 0.6) is 5.75 Å². The largest absolute Gasteiger partial charge is 0.497 e. The van der Waals surface area contributed by atoms with Gasteiger partial charge in [0.25, 0.3) is 0 Å². The van der Waals surface area contributed by atoms with E-state index >= 15 is 0 Å². The zero-order chi connectivity index (χ0) is 14.8. The van der Waals surface area contributed by atoms with Crippen molar-refractivity contribution >= 4 is 22.5 Å². The highest BCUT2D eigenvalue weighted by Crippen LogP contribution is 2.32. The van der Waals surface area contributed by atoms with Crippen LogP contribution < -0.4 is 4.74 Å². The predicted octanol–water partition coefficient (Wildman–Crippen LogP) is 2.62. The molecular weight excluding hydrogens is 286 g/mol. The van der Waals surface area contributed by atoms with E-state index in [0.717, 1.165) is 32.4 Å². The Labute approximate surface area is 126 Å². The highest BCUT2D eigenvalue weighted by Gasteiger charge is 2.11. The second kappa shape index (κ2) is 5.75. The summed E-state index contributed by atoms with van der Waals surface area (Å²) >= 11 is 1.47. The lowest BCUT2D eigenvalue weighted by Gasteiger charge is -2.07. The molecule has 21 heavy (non-hydrogen) atoms. The van der Waals surface area contributed by atoms with Gasteiger partial charge in [-0.2, -0.15) is 0 Å². The van der Waals surface area contributed by atoms with Gasteiger partial charge in [0, 0.05) is 18.6 Å². The minimum atomic E-state index is -0.0269. The first-order valence-corrected chi connectivity index (χ1v) is 7.26. The fourth-order valence-electron chi connectivity index (χ4n) is 2.08. The number of methoxy groups -OCH3 is 1. The Balaban J connectivity index is 2.05. The summed E-state index contributed by atoms with van der Waals surface area (Å²) < 4.78 is 7.15. The molecule has 1 N–H and O–H groups in total. The van der Waals surface area contributed by atoms with Crippen LogP contribution in [0.3, 0.4) is 0 Å². The maximum atomic E-state index is 9.24. The minimum absolute atomic E-state index is 0.0269. The van der Waals surface area contributed by atoms with Crippen LogP contribution in [-0.2, 0) is 13.7 Å². The lowest BCUT2D eigenvalue weighted by atomic mass is 10.2. The fourth-order valence-corrected chi connectivity index (χ4v) is 3.02. The van der Waals surface area contributed by atoms with E-state index in [2.05, 4.69) is 9.97 Å². The third-order valence-corrected chi connectivity index (χ3v) is 4.41. The molecule has 0 unspecified atom stereocenters. The Morgan fingerprint density at radius 3 is 2.86 bits per heavy atom. The summed E-state index contributed by atoms with van der Waals surface area (Å²) in [5.74, 6) is 0.799. The predicted molar refractivity (Wildman–Crippen MR) is 81.5 cm³/mol. The SMILES string of the molecule is COc1ccc2ccnc(Sc3ncc(CO)n3C)c2c1. The first kappa shape index (κ1) is 13.9. The van der Waals surface area contributed by atoms with Crippen LogP contribution in [0.1, 0.15) is 5.69 Å². The molecule has 0 aliphatic carbocycles. The molecule has 2 heterocycles. The van der Waals surface area contributed by atoms with E-state index in [1.54, 1.807) is 19.5 Å². The maximum Gasteiger partial charge on any atom is 0.174 e. The average Bonchev–Trinajstić information content (AvgIpc) is 2.87. The molecule has 0 fully saturated rings. The molecule has 0 aliphatic heterocycles. The van der Waals surface area contributed by atoms with Crippen molar-refractivity contribution in [2.24, 2.45) is 7.05 Å². The first-order valence-electron chi connectivity index (χ1n) is 6.45. The Bertz CT molecular complexity index is 786. The highest BCUT2D eigenvalue weighted by atomic mass is 32.2. The number of nitrogens with zero attached hydrogens (tertiary/aromatic N) is 3. The molecule has 108 valence electrons. The standard InChI is InChI=1S/C15H15N3O2S/c1-18-11(9-19)8-17-15(18)21-14-13-7-12(20-2)4-3-10(13)5-6-16-14/h3-8,19H,9H2,1-2H3. The van der Waals surface area contributed by atoms with E-state index in [-0.39, 0.29) is 6.61 Å². The van der Waals surface area contributed by atoms with Gasteiger partial charge in [0.2, 0.25) is 0 Å². The minimum Gasteiger partial charge on any atom is -0.497 e. The van der Waals surface area contributed by atoms with E-state index in [4.69, 9.17) is 4.74 Å². The Hall–Kier alpha value is -2.05. The van der Waals surface area contributed by atoms with Crippen molar-refractivity contribution in [1.29, 1.82) is 0 Å². The van der Waals surface area contributed by atoms with E-state index < -0.39 is 0 Å². The molecule has 0 radical (unpaired) electrons. The van der Waals surface area contributed by atoms with Gasteiger partial charge in [-0.05, 0) is 35.3 Å². The zero-order valence-corrected chi connectivity index (χ0v) is 12.6. The van der Waals surface area contributed by atoms with Gasteiger partial charge in [0.1, 0.15) is 10.8 Å². The van der Waals surface area contributed by atoms with Gasteiger partial charge in [0.15, 0.2) is 5.16 Å². The number of pyridine rings is 1. The maximum absolute atomic E-state index is 9.24. The summed E-state index contributed by atoms with van der Waals surface area (Å²) in [6.45, 7) is -0.0269. The number of fused-ring (bicyclic) bond motifs is 1. The number of ether oxygens (including phenoxy) is 1. The van der Waals surface area contributed by atoms with Gasteiger partial charge in [-0.3, -0.25) is 0 Å². The van der Waals surface area contributed by atoms with Crippen molar-refractivity contribution in [2.75, 3.05) is 7.11 Å². The molecule has 0 saturated carbocycles. The van der Waals surface area contributed by atoms with Crippen LogP contribution in [0.25, 0.3) is 10.8 Å². The second-order valence-electron chi connectivity index (χ2n) is 4.55. The molecule has 0 saturated heterocycles. The Morgan fingerprint density at radius 2 is 2.14 bits per heavy atom. The summed E-state index contributed by atoms with van der Waals surface area (Å²) in [7, 11) is 3.53. The third-order valence-electron chi connectivity index (χ3n) is 3.33. The molecule has 0 aliphatic rings. The number of aliphatic hydroxyl groups excluding tert-OH is 1. The van der Waals surface area contributed by atoms with E-state index in [0.29, 0.717) is 0 Å². The van der Waals surface area contributed by atoms with Crippen molar-refractivity contribution in [3.05, 3.63) is 42.4 Å². The van der Waals surface area contributed by atoms with Gasteiger partial charge >= 0.3 is 0 Å². The van der Waals surface area contributed by atoms with Crippen molar-refractivity contribution in [1.82, 2.24) is 14.5 Å². The number of benzene rings is 1. The van der Waals surface area contributed by atoms with Gasteiger partial charge in [-0.1, -0.05) is 6.07 Å². The summed E-state index contributed by atoms with van der Waals surface area (Å²) in [6, 6.07) is 7.88. The zero-order valence-electron chi connectivity index (χ0n) is 11.8. The van der Waals surface area contributed by atoms with Crippen LogP contribution in [0, 0.1) is 0 Å². The molecule has 0 amide bonds. The van der Waals surface area contributed by atoms with Crippen LogP contribution >= 0.6 is 11.8 Å². The lowest BCUT2D eigenvalue weighted by molar-refractivity contribution is 0.271. The number of rotatable bonds is 4. The van der Waals surface area contributed by atoms with E-state index in [1.165, 1.54) is 11.8 Å². The highest BCUT2D eigenvalue weighted by molar-refractivity contribution is 7.99. The molecule has 0 bridgehead atoms. The molecule has 1 aromatic carbocycles. The van der Waals surface area contributed by atoms with Gasteiger partial charge < -0.3 is 14.4 Å². The van der Waals surface area contributed by atoms with E-state index in [1.807, 2.05) is 35.9 Å². The Morgan fingerprint density at radius 1 is 1.29 bits per heavy atom. The molecule has 0 atom stereocenters. The monoisotopic (exact) mass is 301 g/mol. The van der Waals surface area contributed by atoms with E-state index in [9.17, 15) is 5.11 Å². The van der Waals surface area contributed by atoms with Gasteiger partial charge in [-0.25, -0.2) is 9.97 Å². The smallest absolute Gasteiger partial charge is 0.174 e. The first-order chi connectivity index (χ1) is 10.2. The molecule has 2 aromatic heterocycles. The molecule has 6 heteroatoms. The number of aromatic nitrogens is 3. The Kier molecular flexibility index (Phi) is 3.81. The molecule has 5 nitrogen and oxygen atoms in total. The normalized spacial score (nSPS) is 11.0. The van der Waals surface area contributed by atoms with Crippen LogP contribution in [-0.4, -0.2) is 26.8 Å². The van der Waals surface area contributed by atoms with Crippen molar-refractivity contribution in [3.8, 4) is 5.75 Å². The van der Waals surface area contributed by atoms with Crippen LogP contribution in [0.4, 0.5) is 0 Å². The van der Waals surface area contributed by atoms with Crippen molar-refractivity contribution < 1.29 is 9.84 Å². The topological polar surface area (TPSA) is 60.2 Å². The summed E-state index contributed by atoms with van der Waals surface area (Å²) in [4.78, 5) is 8.77. The summed E-state index contributed by atoms with van der Waals surface area (Å²) in [6.07, 6.45) is 3.46. The van der Waals surface area contributed by atoms with Gasteiger partial charge in [-0.15, -0.1) is 0 Å². The van der Waals surface area contributed by atoms with Crippen molar-refractivity contribution in [2.45, 2.75) is 16.8 Å². The van der Waals surface area contributed by atoms with Crippen LogP contribution in [0.15, 0.2) is 46.8 Å². The fraction of sp³-hybridized carbons (Fsp3) is 0.200. The average molecular weight is 301 g/mol. The molecular formula is C15H15N3O2S. The molecule has 3 rings (SSSR count). The number of imidazole rings is 1. The summed E-state index contributed by atoms with van der Waals surface area (Å²) in [5.41, 5.74) is 0.773. The van der Waals surface area contributed by atoms with Crippen molar-refractivity contribution in [3.63, 3.8) is 0 Å². The number of hydrogen-bond acceptors (Lipinski definition) is 5.